The van der Waals surface area contributed by atoms with Crippen LogP contribution in [-0.4, -0.2) is 49.5 Å². The van der Waals surface area contributed by atoms with Crippen molar-refractivity contribution in [2.45, 2.75) is 31.4 Å². The predicted molar refractivity (Wildman–Crippen MR) is 103 cm³/mol. The van der Waals surface area contributed by atoms with Crippen LogP contribution >= 0.6 is 0 Å². The van der Waals surface area contributed by atoms with Crippen molar-refractivity contribution in [2.24, 2.45) is 5.92 Å². The number of rotatable bonds is 5. The van der Waals surface area contributed by atoms with E-state index in [-0.39, 0.29) is 23.6 Å². The van der Waals surface area contributed by atoms with Gasteiger partial charge in [0.25, 0.3) is 12.3 Å². The van der Waals surface area contributed by atoms with Gasteiger partial charge in [-0.3, -0.25) is 4.79 Å². The van der Waals surface area contributed by atoms with E-state index in [9.17, 15) is 13.6 Å². The molecule has 3 aromatic rings. The summed E-state index contributed by atoms with van der Waals surface area (Å²) < 4.78 is 31.4. The van der Waals surface area contributed by atoms with Crippen LogP contribution in [0, 0.1) is 5.92 Å². The second kappa shape index (κ2) is 7.47. The number of para-hydroxylation sites is 1. The smallest absolute Gasteiger partial charge is 0.265 e. The molecule has 3 heterocycles. The molecule has 1 saturated carbocycles. The van der Waals surface area contributed by atoms with Gasteiger partial charge in [-0.05, 0) is 37.0 Å². The maximum Gasteiger partial charge on any atom is 0.265 e. The average molecular weight is 411 g/mol. The first-order valence-corrected chi connectivity index (χ1v) is 9.77. The Balaban J connectivity index is 1.35. The zero-order valence-electron chi connectivity index (χ0n) is 15.9. The molecule has 2 aliphatic rings. The number of carbonyl (C=O) groups excluding carboxylic acids is 1. The Kier molecular flexibility index (Phi) is 4.65. The number of benzene rings is 1. The molecule has 30 heavy (non-hydrogen) atoms. The van der Waals surface area contributed by atoms with E-state index in [0.29, 0.717) is 29.6 Å². The van der Waals surface area contributed by atoms with Crippen LogP contribution in [0.5, 0.6) is 5.88 Å². The summed E-state index contributed by atoms with van der Waals surface area (Å²) in [5.41, 5.74) is 1.01. The molecule has 1 aliphatic heterocycles. The van der Waals surface area contributed by atoms with Gasteiger partial charge < -0.3 is 9.64 Å². The van der Waals surface area contributed by atoms with E-state index in [1.165, 1.54) is 16.9 Å². The minimum atomic E-state index is -2.56. The van der Waals surface area contributed by atoms with Crippen molar-refractivity contribution in [3.05, 3.63) is 66.1 Å². The van der Waals surface area contributed by atoms with Crippen LogP contribution in [-0.2, 0) is 0 Å². The fourth-order valence-corrected chi connectivity index (χ4v) is 4.40. The van der Waals surface area contributed by atoms with Crippen LogP contribution in [0.4, 0.5) is 8.78 Å². The van der Waals surface area contributed by atoms with Gasteiger partial charge in [0.1, 0.15) is 6.10 Å². The number of alkyl halides is 2. The lowest BCUT2D eigenvalue weighted by Crippen LogP contribution is -2.47. The second-order valence-corrected chi connectivity index (χ2v) is 7.58. The first-order valence-electron chi connectivity index (χ1n) is 9.77. The van der Waals surface area contributed by atoms with Gasteiger partial charge in [-0.2, -0.15) is 15.0 Å². The quantitative estimate of drug-likeness (QED) is 0.644. The normalized spacial score (nSPS) is 22.6. The number of hydrogen-bond donors (Lipinski definition) is 0. The average Bonchev–Trinajstić information content (AvgIpc) is 3.51. The number of hydrogen-bond acceptors (Lipinski definition) is 5. The number of likely N-dealkylation sites (tertiary alicyclic amines) is 1. The summed E-state index contributed by atoms with van der Waals surface area (Å²) in [6.07, 6.45) is 3.15. The molecular formula is C21H19F2N5O2. The summed E-state index contributed by atoms with van der Waals surface area (Å²) in [7, 11) is 0. The van der Waals surface area contributed by atoms with Gasteiger partial charge in [0.05, 0.1) is 29.7 Å². The van der Waals surface area contributed by atoms with Gasteiger partial charge in [-0.15, -0.1) is 0 Å². The van der Waals surface area contributed by atoms with Gasteiger partial charge >= 0.3 is 0 Å². The Morgan fingerprint density at radius 2 is 1.90 bits per heavy atom. The van der Waals surface area contributed by atoms with Crippen LogP contribution in [0.15, 0.2) is 55.0 Å². The summed E-state index contributed by atoms with van der Waals surface area (Å²) in [6.45, 7) is 0.669. The first-order chi connectivity index (χ1) is 14.6. The highest BCUT2D eigenvalue weighted by atomic mass is 19.3. The maximum atomic E-state index is 13.4. The Bertz CT molecular complexity index is 1040. The minimum Gasteiger partial charge on any atom is -0.472 e. The SMILES string of the molecule is O=C(c1ccccc1-n1nccn1)N1C[C@H]2C[C@@H](Oc3ccc(C(F)F)cn3)[C@@H]1C2. The number of ether oxygens (including phenoxy) is 1. The van der Waals surface area contributed by atoms with Crippen molar-refractivity contribution in [1.29, 1.82) is 0 Å². The molecule has 0 unspecified atom stereocenters. The number of carbonyl (C=O) groups is 1. The van der Waals surface area contributed by atoms with E-state index >= 15 is 0 Å². The Labute approximate surface area is 171 Å². The minimum absolute atomic E-state index is 0.0855. The summed E-state index contributed by atoms with van der Waals surface area (Å²) in [4.78, 5) is 20.6. The number of nitrogens with zero attached hydrogens (tertiary/aromatic N) is 5. The third-order valence-corrected chi connectivity index (χ3v) is 5.74. The summed E-state index contributed by atoms with van der Waals surface area (Å²) in [6, 6.07) is 9.92. The lowest BCUT2D eigenvalue weighted by atomic mass is 10.1. The highest BCUT2D eigenvalue weighted by Crippen LogP contribution is 2.40. The highest BCUT2D eigenvalue weighted by molar-refractivity contribution is 5.98. The number of halogens is 2. The lowest BCUT2D eigenvalue weighted by Gasteiger charge is -2.33. The van der Waals surface area contributed by atoms with Crippen molar-refractivity contribution < 1.29 is 18.3 Å². The molecule has 1 saturated heterocycles. The van der Waals surface area contributed by atoms with E-state index in [1.54, 1.807) is 18.5 Å². The van der Waals surface area contributed by atoms with E-state index in [1.807, 2.05) is 23.1 Å². The fraction of sp³-hybridized carbons (Fsp3) is 0.333. The van der Waals surface area contributed by atoms with E-state index in [0.717, 1.165) is 19.0 Å². The molecule has 0 spiro atoms. The number of piperidine rings is 1. The fourth-order valence-electron chi connectivity index (χ4n) is 4.40. The third-order valence-electron chi connectivity index (χ3n) is 5.74. The lowest BCUT2D eigenvalue weighted by molar-refractivity contribution is 0.0465. The van der Waals surface area contributed by atoms with Crippen molar-refractivity contribution >= 4 is 5.91 Å². The van der Waals surface area contributed by atoms with Gasteiger partial charge in [-0.1, -0.05) is 12.1 Å². The molecule has 0 N–H and O–H groups in total. The van der Waals surface area contributed by atoms with Crippen LogP contribution in [0.2, 0.25) is 0 Å². The highest BCUT2D eigenvalue weighted by Gasteiger charge is 2.48. The summed E-state index contributed by atoms with van der Waals surface area (Å²) in [5, 5.41) is 8.29. The van der Waals surface area contributed by atoms with Crippen molar-refractivity contribution in [3.8, 4) is 11.6 Å². The number of aromatic nitrogens is 4. The van der Waals surface area contributed by atoms with Gasteiger partial charge in [0.15, 0.2) is 0 Å². The third kappa shape index (κ3) is 3.30. The molecular weight excluding hydrogens is 392 g/mol. The van der Waals surface area contributed by atoms with Crippen molar-refractivity contribution in [2.75, 3.05) is 6.54 Å². The van der Waals surface area contributed by atoms with Gasteiger partial charge in [0.2, 0.25) is 5.88 Å². The molecule has 154 valence electrons. The molecule has 5 rings (SSSR count). The zero-order valence-corrected chi connectivity index (χ0v) is 15.9. The molecule has 3 atom stereocenters. The van der Waals surface area contributed by atoms with Crippen molar-refractivity contribution in [3.63, 3.8) is 0 Å². The zero-order chi connectivity index (χ0) is 20.7. The topological polar surface area (TPSA) is 73.1 Å². The summed E-state index contributed by atoms with van der Waals surface area (Å²) in [5.74, 6) is 0.550. The molecule has 1 aliphatic carbocycles. The maximum absolute atomic E-state index is 13.4. The first kappa shape index (κ1) is 18.7. The molecule has 0 radical (unpaired) electrons. The summed E-state index contributed by atoms with van der Waals surface area (Å²) >= 11 is 0. The standard InChI is InChI=1S/C21H19F2N5O2/c22-20(23)14-5-6-19(24-11-14)30-18-10-13-9-17(18)27(12-13)21(29)15-3-1-2-4-16(15)28-25-7-8-26-28/h1-8,11,13,17-18,20H,9-10,12H2/t13-,17+,18-/m1/s1. The van der Waals surface area contributed by atoms with Crippen LogP contribution in [0.1, 0.15) is 35.2 Å². The Morgan fingerprint density at radius 1 is 1.10 bits per heavy atom. The monoisotopic (exact) mass is 411 g/mol. The molecule has 2 bridgehead atoms. The second-order valence-electron chi connectivity index (χ2n) is 7.58. The predicted octanol–water partition coefficient (Wildman–Crippen LogP) is 3.28. The Hall–Kier alpha value is -3.36. The van der Waals surface area contributed by atoms with Gasteiger partial charge in [-0.25, -0.2) is 13.8 Å². The molecule has 2 fully saturated rings. The molecule has 1 aromatic carbocycles. The number of amides is 1. The van der Waals surface area contributed by atoms with E-state index < -0.39 is 6.43 Å². The number of fused-ring (bicyclic) bond motifs is 2. The van der Waals surface area contributed by atoms with E-state index in [4.69, 9.17) is 4.74 Å². The van der Waals surface area contributed by atoms with Crippen LogP contribution < -0.4 is 4.74 Å². The number of pyridine rings is 1. The molecule has 9 heteroatoms. The van der Waals surface area contributed by atoms with Crippen LogP contribution in [0.3, 0.4) is 0 Å². The van der Waals surface area contributed by atoms with E-state index in [2.05, 4.69) is 15.2 Å². The molecule has 2 aromatic heterocycles. The van der Waals surface area contributed by atoms with Crippen LogP contribution in [0.25, 0.3) is 5.69 Å². The van der Waals surface area contributed by atoms with Gasteiger partial charge in [0, 0.05) is 24.4 Å². The van der Waals surface area contributed by atoms with Crippen molar-refractivity contribution in [1.82, 2.24) is 24.9 Å². The largest absolute Gasteiger partial charge is 0.472 e. The molecule has 1 amide bonds. The molecule has 7 nitrogen and oxygen atoms in total. The Morgan fingerprint density at radius 3 is 2.60 bits per heavy atom.